The number of hydrogen-bond acceptors (Lipinski definition) is 4. The molecule has 2 aromatic rings. The minimum atomic E-state index is -0.485. The Bertz CT molecular complexity index is 608. The Hall–Kier alpha value is -2.21. The zero-order valence-corrected chi connectivity index (χ0v) is 12.6. The maximum Gasteiger partial charge on any atom is 0.305 e. The quantitative estimate of drug-likeness (QED) is 0.672. The first-order chi connectivity index (χ1) is 10.1. The Morgan fingerprint density at radius 3 is 2.48 bits per heavy atom. The maximum atomic E-state index is 11.9. The summed E-state index contributed by atoms with van der Waals surface area (Å²) in [7, 11) is 0. The number of benzene rings is 1. The highest BCUT2D eigenvalue weighted by Crippen LogP contribution is 2.23. The minimum Gasteiger partial charge on any atom is -0.459 e. The molecule has 0 aliphatic rings. The van der Waals surface area contributed by atoms with E-state index in [2.05, 4.69) is 10.9 Å². The van der Waals surface area contributed by atoms with Crippen LogP contribution in [0.1, 0.15) is 23.0 Å². The lowest BCUT2D eigenvalue weighted by Crippen LogP contribution is -2.44. The van der Waals surface area contributed by atoms with E-state index in [0.29, 0.717) is 0 Å². The maximum absolute atomic E-state index is 11.9. The first kappa shape index (κ1) is 15.2. The molecule has 21 heavy (non-hydrogen) atoms. The van der Waals surface area contributed by atoms with Crippen molar-refractivity contribution in [1.29, 1.82) is 0 Å². The molecule has 5 nitrogen and oxygen atoms in total. The van der Waals surface area contributed by atoms with Gasteiger partial charge in [-0.05, 0) is 38.1 Å². The fourth-order valence-electron chi connectivity index (χ4n) is 1.56. The van der Waals surface area contributed by atoms with Crippen molar-refractivity contribution in [3.8, 4) is 0 Å². The van der Waals surface area contributed by atoms with Crippen molar-refractivity contribution in [2.24, 2.45) is 0 Å². The summed E-state index contributed by atoms with van der Waals surface area (Å²) in [6.45, 7) is 3.79. The van der Waals surface area contributed by atoms with Gasteiger partial charge in [0.2, 0.25) is 0 Å². The van der Waals surface area contributed by atoms with Gasteiger partial charge in [-0.1, -0.05) is 17.7 Å². The Morgan fingerprint density at radius 1 is 1.14 bits per heavy atom. The lowest BCUT2D eigenvalue weighted by molar-refractivity contribution is -0.121. The van der Waals surface area contributed by atoms with Gasteiger partial charge in [0.15, 0.2) is 5.76 Å². The summed E-state index contributed by atoms with van der Waals surface area (Å²) < 4.78 is 4.93. The molecule has 1 aromatic carbocycles. The molecule has 2 N–H and O–H groups in total. The molecule has 2 rings (SSSR count). The van der Waals surface area contributed by atoms with Crippen LogP contribution in [0.5, 0.6) is 0 Å². The summed E-state index contributed by atoms with van der Waals surface area (Å²) in [6.07, 6.45) is 1.40. The number of nitrogens with one attached hydrogen (secondary N) is 2. The number of aryl methyl sites for hydroxylation is 1. The normalized spacial score (nSPS) is 11.7. The molecule has 0 unspecified atom stereocenters. The van der Waals surface area contributed by atoms with Crippen LogP contribution in [0, 0.1) is 6.92 Å². The number of thioether (sulfide) groups is 1. The summed E-state index contributed by atoms with van der Waals surface area (Å²) in [5, 5.41) is -0.329. The molecule has 0 saturated heterocycles. The molecule has 0 radical (unpaired) electrons. The highest BCUT2D eigenvalue weighted by molar-refractivity contribution is 8.00. The van der Waals surface area contributed by atoms with Crippen LogP contribution >= 0.6 is 11.8 Å². The van der Waals surface area contributed by atoms with E-state index in [0.717, 1.165) is 4.90 Å². The number of amides is 2. The molecular weight excluding hydrogens is 288 g/mol. The van der Waals surface area contributed by atoms with E-state index in [4.69, 9.17) is 4.42 Å². The highest BCUT2D eigenvalue weighted by atomic mass is 32.2. The zero-order chi connectivity index (χ0) is 15.2. The molecule has 0 fully saturated rings. The molecule has 2 amide bonds. The number of carbonyl (C=O) groups excluding carboxylic acids is 2. The number of carbonyl (C=O) groups is 2. The molecule has 0 saturated carbocycles. The second-order valence-corrected chi connectivity index (χ2v) is 5.91. The summed E-state index contributed by atoms with van der Waals surface area (Å²) in [5.41, 5.74) is 5.87. The fourth-order valence-corrected chi connectivity index (χ4v) is 2.43. The van der Waals surface area contributed by atoms with E-state index in [1.807, 2.05) is 31.2 Å². The molecule has 1 aromatic heterocycles. The second kappa shape index (κ2) is 6.99. The van der Waals surface area contributed by atoms with Gasteiger partial charge >= 0.3 is 5.91 Å². The predicted octanol–water partition coefficient (Wildman–Crippen LogP) is 2.53. The van der Waals surface area contributed by atoms with Crippen LogP contribution in [-0.2, 0) is 4.79 Å². The fraction of sp³-hybridized carbons (Fsp3) is 0.200. The van der Waals surface area contributed by atoms with Crippen LogP contribution in [0.2, 0.25) is 0 Å². The summed E-state index contributed by atoms with van der Waals surface area (Å²) in [5.74, 6) is -0.615. The van der Waals surface area contributed by atoms with Gasteiger partial charge in [-0.2, -0.15) is 0 Å². The summed E-state index contributed by atoms with van der Waals surface area (Å²) in [6, 6.07) is 11.0. The van der Waals surface area contributed by atoms with Gasteiger partial charge in [-0.25, -0.2) is 0 Å². The van der Waals surface area contributed by atoms with Crippen LogP contribution in [0.25, 0.3) is 0 Å². The van der Waals surface area contributed by atoms with Gasteiger partial charge in [0.25, 0.3) is 5.91 Å². The lowest BCUT2D eigenvalue weighted by Gasteiger charge is -2.12. The SMILES string of the molecule is Cc1ccc(S[C@@H](C)C(=O)NNC(=O)c2ccco2)cc1. The summed E-state index contributed by atoms with van der Waals surface area (Å²) in [4.78, 5) is 24.5. The van der Waals surface area contributed by atoms with Crippen molar-refractivity contribution >= 4 is 23.6 Å². The number of hydrazine groups is 1. The lowest BCUT2D eigenvalue weighted by atomic mass is 10.2. The van der Waals surface area contributed by atoms with Crippen molar-refractivity contribution < 1.29 is 14.0 Å². The standard InChI is InChI=1S/C15H16N2O3S/c1-10-5-7-12(8-6-10)21-11(2)14(18)16-17-15(19)13-4-3-9-20-13/h3-9,11H,1-2H3,(H,16,18)(H,17,19)/t11-/m0/s1. The van der Waals surface area contributed by atoms with Gasteiger partial charge < -0.3 is 4.42 Å². The third kappa shape index (κ3) is 4.39. The Kier molecular flexibility index (Phi) is 5.05. The van der Waals surface area contributed by atoms with E-state index in [-0.39, 0.29) is 16.9 Å². The molecular formula is C15H16N2O3S. The molecule has 0 aliphatic carbocycles. The topological polar surface area (TPSA) is 71.3 Å². The number of furan rings is 1. The first-order valence-corrected chi connectivity index (χ1v) is 7.31. The average Bonchev–Trinajstić information content (AvgIpc) is 3.01. The van der Waals surface area contributed by atoms with E-state index in [9.17, 15) is 9.59 Å². The molecule has 1 atom stereocenters. The van der Waals surface area contributed by atoms with Crippen LogP contribution in [0.4, 0.5) is 0 Å². The second-order valence-electron chi connectivity index (χ2n) is 4.49. The molecule has 1 heterocycles. The van der Waals surface area contributed by atoms with Crippen molar-refractivity contribution in [3.05, 3.63) is 54.0 Å². The number of rotatable bonds is 4. The molecule has 110 valence electrons. The Labute approximate surface area is 127 Å². The molecule has 6 heteroatoms. The van der Waals surface area contributed by atoms with Crippen molar-refractivity contribution in [2.75, 3.05) is 0 Å². The van der Waals surface area contributed by atoms with Crippen LogP contribution in [0.15, 0.2) is 52.0 Å². The van der Waals surface area contributed by atoms with Crippen LogP contribution in [0.3, 0.4) is 0 Å². The van der Waals surface area contributed by atoms with Crippen LogP contribution < -0.4 is 10.9 Å². The van der Waals surface area contributed by atoms with Gasteiger partial charge in [-0.15, -0.1) is 11.8 Å². The third-order valence-corrected chi connectivity index (χ3v) is 3.86. The van der Waals surface area contributed by atoms with Gasteiger partial charge in [0.05, 0.1) is 11.5 Å². The Balaban J connectivity index is 1.82. The van der Waals surface area contributed by atoms with Crippen molar-refractivity contribution in [2.45, 2.75) is 24.0 Å². The Morgan fingerprint density at radius 2 is 1.86 bits per heavy atom. The third-order valence-electron chi connectivity index (χ3n) is 2.75. The van der Waals surface area contributed by atoms with E-state index >= 15 is 0 Å². The highest BCUT2D eigenvalue weighted by Gasteiger charge is 2.16. The average molecular weight is 304 g/mol. The van der Waals surface area contributed by atoms with Gasteiger partial charge in [-0.3, -0.25) is 20.4 Å². The first-order valence-electron chi connectivity index (χ1n) is 6.43. The smallest absolute Gasteiger partial charge is 0.305 e. The molecule has 0 bridgehead atoms. The van der Waals surface area contributed by atoms with Crippen LogP contribution in [-0.4, -0.2) is 17.1 Å². The van der Waals surface area contributed by atoms with E-state index in [1.165, 1.54) is 29.7 Å². The summed E-state index contributed by atoms with van der Waals surface area (Å²) >= 11 is 1.42. The molecule has 0 aliphatic heterocycles. The van der Waals surface area contributed by atoms with E-state index in [1.54, 1.807) is 13.0 Å². The van der Waals surface area contributed by atoms with Crippen molar-refractivity contribution in [1.82, 2.24) is 10.9 Å². The van der Waals surface area contributed by atoms with Gasteiger partial charge in [0.1, 0.15) is 0 Å². The largest absolute Gasteiger partial charge is 0.459 e. The predicted molar refractivity (Wildman–Crippen MR) is 80.8 cm³/mol. The number of hydrogen-bond donors (Lipinski definition) is 2. The zero-order valence-electron chi connectivity index (χ0n) is 11.8. The van der Waals surface area contributed by atoms with Gasteiger partial charge in [0, 0.05) is 4.90 Å². The monoisotopic (exact) mass is 304 g/mol. The minimum absolute atomic E-state index is 0.147. The van der Waals surface area contributed by atoms with E-state index < -0.39 is 5.91 Å². The van der Waals surface area contributed by atoms with Crippen molar-refractivity contribution in [3.63, 3.8) is 0 Å². The molecule has 0 spiro atoms.